The second kappa shape index (κ2) is 11.4. The molecule has 38 heavy (non-hydrogen) atoms. The van der Waals surface area contributed by atoms with E-state index in [9.17, 15) is 9.59 Å². The van der Waals surface area contributed by atoms with Gasteiger partial charge in [-0.05, 0) is 50.2 Å². The molecule has 198 valence electrons. The van der Waals surface area contributed by atoms with Crippen molar-refractivity contribution in [1.82, 2.24) is 14.8 Å². The van der Waals surface area contributed by atoms with Crippen LogP contribution in [-0.2, 0) is 28.9 Å². The van der Waals surface area contributed by atoms with E-state index in [0.29, 0.717) is 22.3 Å². The monoisotopic (exact) mass is 566 g/mol. The molecular formula is C28H30N4O3S3. The molecule has 0 bridgehead atoms. The number of rotatable bonds is 8. The minimum Gasteiger partial charge on any atom is -0.465 e. The zero-order valence-corrected chi connectivity index (χ0v) is 24.3. The molecule has 1 aliphatic rings. The summed E-state index contributed by atoms with van der Waals surface area (Å²) in [5.74, 6) is 1.05. The molecule has 1 aromatic carbocycles. The fourth-order valence-corrected chi connectivity index (χ4v) is 7.76. The number of nitrogens with one attached hydrogen (secondary N) is 1. The lowest BCUT2D eigenvalue weighted by Gasteiger charge is -2.19. The molecule has 3 heterocycles. The number of benzene rings is 1. The van der Waals surface area contributed by atoms with E-state index in [-0.39, 0.29) is 11.7 Å². The molecule has 0 saturated carbocycles. The van der Waals surface area contributed by atoms with Crippen molar-refractivity contribution in [3.05, 3.63) is 56.6 Å². The maximum atomic E-state index is 13.0. The zero-order valence-electron chi connectivity index (χ0n) is 21.9. The summed E-state index contributed by atoms with van der Waals surface area (Å²) in [5, 5.41) is 17.1. The number of carbonyl (C=O) groups excluding carboxylic acids is 2. The molecule has 5 rings (SSSR count). The van der Waals surface area contributed by atoms with Gasteiger partial charge in [0, 0.05) is 33.3 Å². The minimum atomic E-state index is -0.478. The maximum absolute atomic E-state index is 13.0. The quantitative estimate of drug-likeness (QED) is 0.189. The highest BCUT2D eigenvalue weighted by molar-refractivity contribution is 7.99. The van der Waals surface area contributed by atoms with Crippen LogP contribution >= 0.6 is 34.4 Å². The van der Waals surface area contributed by atoms with Gasteiger partial charge in [0.15, 0.2) is 11.0 Å². The Kier molecular flexibility index (Phi) is 8.01. The molecule has 10 heteroatoms. The highest BCUT2D eigenvalue weighted by Crippen LogP contribution is 2.39. The number of methoxy groups -OCH3 is 1. The average molecular weight is 567 g/mol. The van der Waals surface area contributed by atoms with Crippen LogP contribution in [0.2, 0.25) is 0 Å². The molecule has 0 aliphatic heterocycles. The summed E-state index contributed by atoms with van der Waals surface area (Å²) in [4.78, 5) is 27.1. The van der Waals surface area contributed by atoms with Crippen molar-refractivity contribution in [2.24, 2.45) is 5.92 Å². The summed E-state index contributed by atoms with van der Waals surface area (Å²) in [6.07, 6.45) is 3.40. The van der Waals surface area contributed by atoms with Crippen molar-refractivity contribution in [2.75, 3.05) is 18.2 Å². The van der Waals surface area contributed by atoms with E-state index in [1.54, 1.807) is 0 Å². The number of aromatic nitrogens is 3. The third-order valence-corrected chi connectivity index (χ3v) is 9.72. The Morgan fingerprint density at radius 2 is 1.92 bits per heavy atom. The first kappa shape index (κ1) is 26.6. The predicted octanol–water partition coefficient (Wildman–Crippen LogP) is 6.71. The Morgan fingerprint density at radius 3 is 2.66 bits per heavy atom. The van der Waals surface area contributed by atoms with E-state index in [1.807, 2.05) is 47.9 Å². The van der Waals surface area contributed by atoms with Gasteiger partial charge in [-0.1, -0.05) is 48.5 Å². The number of fused-ring (bicyclic) bond motifs is 1. The molecule has 1 unspecified atom stereocenters. The van der Waals surface area contributed by atoms with E-state index in [2.05, 4.69) is 39.3 Å². The van der Waals surface area contributed by atoms with Crippen LogP contribution in [0, 0.1) is 12.8 Å². The smallest absolute Gasteiger partial charge is 0.341 e. The highest BCUT2D eigenvalue weighted by atomic mass is 32.2. The molecule has 3 aromatic heterocycles. The number of amides is 1. The molecule has 1 amide bonds. The van der Waals surface area contributed by atoms with Crippen LogP contribution in [0.15, 0.2) is 40.2 Å². The molecule has 1 N–H and O–H groups in total. The zero-order chi connectivity index (χ0) is 26.8. The minimum absolute atomic E-state index is 0.149. The van der Waals surface area contributed by atoms with Gasteiger partial charge in [-0.3, -0.25) is 4.79 Å². The number of nitrogens with zero attached hydrogens (tertiary/aromatic N) is 3. The molecule has 0 fully saturated rings. The number of hydrogen-bond acceptors (Lipinski definition) is 8. The van der Waals surface area contributed by atoms with E-state index in [4.69, 9.17) is 4.74 Å². The van der Waals surface area contributed by atoms with Crippen molar-refractivity contribution >= 4 is 51.3 Å². The summed E-state index contributed by atoms with van der Waals surface area (Å²) in [6.45, 7) is 7.10. The van der Waals surface area contributed by atoms with Gasteiger partial charge >= 0.3 is 5.97 Å². The third-order valence-electron chi connectivity index (χ3n) is 6.80. The Hall–Kier alpha value is -2.95. The van der Waals surface area contributed by atoms with E-state index in [0.717, 1.165) is 41.3 Å². The van der Waals surface area contributed by atoms with Gasteiger partial charge in [-0.15, -0.1) is 32.9 Å². The van der Waals surface area contributed by atoms with Crippen LogP contribution in [0.25, 0.3) is 22.5 Å². The standard InChI is InChI=1S/C28H30N4O3S3/c1-5-32-25(21-14-36-22-12-17(3)8-11-19(21)22)30-31-28(32)38-15-23(33)29-26-24(27(34)35-4)20(13-37-26)18-9-6-16(2)7-10-18/h6-7,9-10,13-14,17H,5,8,11-12,15H2,1-4H3,(H,29,33). The first-order valence-corrected chi connectivity index (χ1v) is 15.4. The van der Waals surface area contributed by atoms with Crippen molar-refractivity contribution in [1.29, 1.82) is 0 Å². The van der Waals surface area contributed by atoms with E-state index >= 15 is 0 Å². The fraction of sp³-hybridized carbons (Fsp3) is 0.357. The van der Waals surface area contributed by atoms with Crippen LogP contribution in [0.5, 0.6) is 0 Å². The summed E-state index contributed by atoms with van der Waals surface area (Å²) in [7, 11) is 1.35. The average Bonchev–Trinajstić information content (AvgIpc) is 3.63. The third kappa shape index (κ3) is 5.30. The largest absolute Gasteiger partial charge is 0.465 e. The molecular weight excluding hydrogens is 537 g/mol. The second-order valence-corrected chi connectivity index (χ2v) is 12.3. The maximum Gasteiger partial charge on any atom is 0.341 e. The number of thiophene rings is 2. The summed E-state index contributed by atoms with van der Waals surface area (Å²) in [6, 6.07) is 7.91. The number of thioether (sulfide) groups is 1. The highest BCUT2D eigenvalue weighted by Gasteiger charge is 2.25. The lowest BCUT2D eigenvalue weighted by molar-refractivity contribution is -0.113. The molecule has 0 spiro atoms. The molecule has 0 saturated heterocycles. The number of anilines is 1. The summed E-state index contributed by atoms with van der Waals surface area (Å²) < 4.78 is 7.12. The molecule has 0 radical (unpaired) electrons. The van der Waals surface area contributed by atoms with Crippen molar-refractivity contribution < 1.29 is 14.3 Å². The molecule has 1 aliphatic carbocycles. The Morgan fingerprint density at radius 1 is 1.16 bits per heavy atom. The van der Waals surface area contributed by atoms with Gasteiger partial charge in [0.25, 0.3) is 0 Å². The van der Waals surface area contributed by atoms with Crippen molar-refractivity contribution in [3.63, 3.8) is 0 Å². The Bertz CT molecular complexity index is 1470. The van der Waals surface area contributed by atoms with Gasteiger partial charge in [-0.25, -0.2) is 4.79 Å². The van der Waals surface area contributed by atoms with Crippen LogP contribution in [0.4, 0.5) is 5.00 Å². The van der Waals surface area contributed by atoms with Crippen LogP contribution < -0.4 is 5.32 Å². The first-order valence-electron chi connectivity index (χ1n) is 12.6. The van der Waals surface area contributed by atoms with Crippen LogP contribution in [0.1, 0.15) is 46.6 Å². The number of aryl methyl sites for hydroxylation is 1. The normalized spacial score (nSPS) is 14.8. The lowest BCUT2D eigenvalue weighted by Crippen LogP contribution is -2.16. The predicted molar refractivity (Wildman–Crippen MR) is 155 cm³/mol. The number of carbonyl (C=O) groups is 2. The van der Waals surface area contributed by atoms with Gasteiger partial charge < -0.3 is 14.6 Å². The van der Waals surface area contributed by atoms with E-state index in [1.165, 1.54) is 52.6 Å². The SMILES string of the molecule is CCn1c(SCC(=O)Nc2scc(-c3ccc(C)cc3)c2C(=O)OC)nnc1-c1csc2c1CCC(C)C2. The Labute approximate surface area is 234 Å². The Balaban J connectivity index is 1.32. The lowest BCUT2D eigenvalue weighted by atomic mass is 9.88. The summed E-state index contributed by atoms with van der Waals surface area (Å²) >= 11 is 4.48. The summed E-state index contributed by atoms with van der Waals surface area (Å²) in [5.41, 5.74) is 5.72. The van der Waals surface area contributed by atoms with Crippen LogP contribution in [0.3, 0.4) is 0 Å². The number of hydrogen-bond donors (Lipinski definition) is 1. The van der Waals surface area contributed by atoms with Gasteiger partial charge in [0.05, 0.1) is 12.9 Å². The second-order valence-electron chi connectivity index (χ2n) is 9.50. The number of esters is 1. The van der Waals surface area contributed by atoms with Gasteiger partial charge in [0.2, 0.25) is 5.91 Å². The molecule has 1 atom stereocenters. The molecule has 4 aromatic rings. The van der Waals surface area contributed by atoms with Crippen molar-refractivity contribution in [3.8, 4) is 22.5 Å². The van der Waals surface area contributed by atoms with Gasteiger partial charge in [0.1, 0.15) is 10.6 Å². The van der Waals surface area contributed by atoms with Crippen molar-refractivity contribution in [2.45, 2.75) is 51.7 Å². The van der Waals surface area contributed by atoms with Gasteiger partial charge in [-0.2, -0.15) is 0 Å². The number of ether oxygens (including phenoxy) is 1. The first-order chi connectivity index (χ1) is 18.4. The fourth-order valence-electron chi connectivity index (χ4n) is 4.74. The van der Waals surface area contributed by atoms with Crippen LogP contribution in [-0.4, -0.2) is 39.5 Å². The molecule has 7 nitrogen and oxygen atoms in total. The van der Waals surface area contributed by atoms with E-state index < -0.39 is 5.97 Å². The topological polar surface area (TPSA) is 86.1 Å².